The number of aromatic nitrogens is 2. The molecule has 22 heavy (non-hydrogen) atoms. The molecule has 1 fully saturated rings. The van der Waals surface area contributed by atoms with Gasteiger partial charge in [0.15, 0.2) is 0 Å². The standard InChI is InChI=1S/C15H22N4O3/c1-11-9-13(12(2)21-11)15-17-16-14(22-15)10-19-5-3-18(4-6-19)7-8-20/h9,20H,3-8,10H2,1-2H3. The van der Waals surface area contributed by atoms with Gasteiger partial charge in [0, 0.05) is 32.7 Å². The molecular weight excluding hydrogens is 284 g/mol. The third-order valence-electron chi connectivity index (χ3n) is 3.98. The van der Waals surface area contributed by atoms with Crippen molar-refractivity contribution in [1.82, 2.24) is 20.0 Å². The zero-order valence-electron chi connectivity index (χ0n) is 13.1. The van der Waals surface area contributed by atoms with E-state index in [-0.39, 0.29) is 6.61 Å². The third kappa shape index (κ3) is 3.37. The highest BCUT2D eigenvalue weighted by Crippen LogP contribution is 2.25. The number of furan rings is 1. The number of rotatable bonds is 5. The second-order valence-corrected chi connectivity index (χ2v) is 5.67. The topological polar surface area (TPSA) is 78.8 Å². The number of aryl methyl sites for hydroxylation is 2. The first-order valence-electron chi connectivity index (χ1n) is 7.61. The van der Waals surface area contributed by atoms with Gasteiger partial charge in [-0.05, 0) is 19.9 Å². The van der Waals surface area contributed by atoms with Crippen molar-refractivity contribution in [2.45, 2.75) is 20.4 Å². The molecule has 2 aromatic heterocycles. The first-order chi connectivity index (χ1) is 10.7. The molecule has 0 aliphatic carbocycles. The summed E-state index contributed by atoms with van der Waals surface area (Å²) in [6, 6.07) is 1.92. The number of hydrogen-bond acceptors (Lipinski definition) is 7. The molecule has 0 radical (unpaired) electrons. The van der Waals surface area contributed by atoms with E-state index in [1.165, 1.54) is 0 Å². The Balaban J connectivity index is 1.60. The van der Waals surface area contributed by atoms with Crippen molar-refractivity contribution in [3.05, 3.63) is 23.5 Å². The molecule has 0 spiro atoms. The van der Waals surface area contributed by atoms with Gasteiger partial charge in [0.05, 0.1) is 18.7 Å². The average Bonchev–Trinajstić information content (AvgIpc) is 3.07. The van der Waals surface area contributed by atoms with Gasteiger partial charge in [-0.2, -0.15) is 0 Å². The fourth-order valence-electron chi connectivity index (χ4n) is 2.77. The van der Waals surface area contributed by atoms with Crippen LogP contribution in [0.4, 0.5) is 0 Å². The maximum absolute atomic E-state index is 8.96. The molecule has 1 N–H and O–H groups in total. The Hall–Kier alpha value is -1.70. The molecule has 0 amide bonds. The van der Waals surface area contributed by atoms with Crippen LogP contribution in [-0.2, 0) is 6.54 Å². The highest BCUT2D eigenvalue weighted by molar-refractivity contribution is 5.55. The van der Waals surface area contributed by atoms with Gasteiger partial charge in [-0.25, -0.2) is 0 Å². The first-order valence-corrected chi connectivity index (χ1v) is 7.61. The Kier molecular flexibility index (Phi) is 4.56. The Morgan fingerprint density at radius 3 is 2.45 bits per heavy atom. The number of hydrogen-bond donors (Lipinski definition) is 1. The Morgan fingerprint density at radius 1 is 1.09 bits per heavy atom. The molecule has 1 aliphatic heterocycles. The van der Waals surface area contributed by atoms with Gasteiger partial charge >= 0.3 is 0 Å². The molecule has 7 nitrogen and oxygen atoms in total. The first kappa shape index (κ1) is 15.2. The maximum Gasteiger partial charge on any atom is 0.251 e. The molecule has 0 aromatic carbocycles. The van der Waals surface area contributed by atoms with Crippen LogP contribution >= 0.6 is 0 Å². The van der Waals surface area contributed by atoms with E-state index in [0.717, 1.165) is 49.8 Å². The summed E-state index contributed by atoms with van der Waals surface area (Å²) in [6.07, 6.45) is 0. The fraction of sp³-hybridized carbons (Fsp3) is 0.600. The van der Waals surface area contributed by atoms with E-state index in [2.05, 4.69) is 20.0 Å². The summed E-state index contributed by atoms with van der Waals surface area (Å²) in [5.74, 6) is 2.78. The molecule has 1 aliphatic rings. The van der Waals surface area contributed by atoms with Crippen LogP contribution < -0.4 is 0 Å². The minimum Gasteiger partial charge on any atom is -0.466 e. The van der Waals surface area contributed by atoms with Gasteiger partial charge in [-0.1, -0.05) is 0 Å². The van der Waals surface area contributed by atoms with Crippen molar-refractivity contribution in [2.75, 3.05) is 39.3 Å². The van der Waals surface area contributed by atoms with Crippen LogP contribution in [0.1, 0.15) is 17.4 Å². The maximum atomic E-state index is 8.96. The van der Waals surface area contributed by atoms with Crippen LogP contribution in [-0.4, -0.2) is 64.4 Å². The van der Waals surface area contributed by atoms with Gasteiger partial charge in [-0.15, -0.1) is 10.2 Å². The zero-order chi connectivity index (χ0) is 15.5. The SMILES string of the molecule is Cc1cc(-c2nnc(CN3CCN(CCO)CC3)o2)c(C)o1. The van der Waals surface area contributed by atoms with Crippen LogP contribution in [0.15, 0.2) is 14.9 Å². The monoisotopic (exact) mass is 306 g/mol. The van der Waals surface area contributed by atoms with E-state index in [4.69, 9.17) is 13.9 Å². The minimum atomic E-state index is 0.219. The molecule has 1 saturated heterocycles. The van der Waals surface area contributed by atoms with Crippen molar-refractivity contribution >= 4 is 0 Å². The second-order valence-electron chi connectivity index (χ2n) is 5.67. The molecular formula is C15H22N4O3. The number of aliphatic hydroxyl groups excluding tert-OH is 1. The van der Waals surface area contributed by atoms with Crippen LogP contribution in [0.25, 0.3) is 11.5 Å². The number of piperazine rings is 1. The lowest BCUT2D eigenvalue weighted by Gasteiger charge is -2.33. The van der Waals surface area contributed by atoms with Crippen LogP contribution in [0.2, 0.25) is 0 Å². The molecule has 3 heterocycles. The summed E-state index contributed by atoms with van der Waals surface area (Å²) >= 11 is 0. The van der Waals surface area contributed by atoms with Crippen molar-refractivity contribution in [2.24, 2.45) is 0 Å². The van der Waals surface area contributed by atoms with Crippen molar-refractivity contribution in [3.8, 4) is 11.5 Å². The predicted molar refractivity (Wildman–Crippen MR) is 80.3 cm³/mol. The Labute approximate surface area is 129 Å². The van der Waals surface area contributed by atoms with Crippen molar-refractivity contribution in [3.63, 3.8) is 0 Å². The lowest BCUT2D eigenvalue weighted by atomic mass is 10.2. The summed E-state index contributed by atoms with van der Waals surface area (Å²) < 4.78 is 11.3. The molecule has 120 valence electrons. The second kappa shape index (κ2) is 6.60. The fourth-order valence-corrected chi connectivity index (χ4v) is 2.77. The summed E-state index contributed by atoms with van der Waals surface area (Å²) in [7, 11) is 0. The molecule has 0 unspecified atom stereocenters. The van der Waals surface area contributed by atoms with Crippen LogP contribution in [0.5, 0.6) is 0 Å². The summed E-state index contributed by atoms with van der Waals surface area (Å²) in [4.78, 5) is 4.55. The van der Waals surface area contributed by atoms with E-state index in [9.17, 15) is 0 Å². The Bertz CT molecular complexity index is 614. The minimum absolute atomic E-state index is 0.219. The van der Waals surface area contributed by atoms with Crippen LogP contribution in [0, 0.1) is 13.8 Å². The van der Waals surface area contributed by atoms with Gasteiger partial charge in [-0.3, -0.25) is 9.80 Å². The number of aliphatic hydroxyl groups is 1. The third-order valence-corrected chi connectivity index (χ3v) is 3.98. The Morgan fingerprint density at radius 2 is 1.82 bits per heavy atom. The number of nitrogens with zero attached hydrogens (tertiary/aromatic N) is 4. The van der Waals surface area contributed by atoms with E-state index in [0.29, 0.717) is 18.3 Å². The van der Waals surface area contributed by atoms with E-state index in [1.54, 1.807) is 0 Å². The molecule has 0 atom stereocenters. The summed E-state index contributed by atoms with van der Waals surface area (Å²) in [6.45, 7) is 9.24. The summed E-state index contributed by atoms with van der Waals surface area (Å²) in [5, 5.41) is 17.2. The van der Waals surface area contributed by atoms with Crippen LogP contribution in [0.3, 0.4) is 0 Å². The van der Waals surface area contributed by atoms with Crippen molar-refractivity contribution < 1.29 is 13.9 Å². The van der Waals surface area contributed by atoms with Gasteiger partial charge in [0.1, 0.15) is 11.5 Å². The van der Waals surface area contributed by atoms with Gasteiger partial charge in [0.25, 0.3) is 5.89 Å². The molecule has 3 rings (SSSR count). The van der Waals surface area contributed by atoms with Gasteiger partial charge in [0.2, 0.25) is 5.89 Å². The molecule has 7 heteroatoms. The highest BCUT2D eigenvalue weighted by atomic mass is 16.4. The normalized spacial score (nSPS) is 17.2. The quantitative estimate of drug-likeness (QED) is 0.884. The van der Waals surface area contributed by atoms with E-state index >= 15 is 0 Å². The van der Waals surface area contributed by atoms with Gasteiger partial charge < -0.3 is 13.9 Å². The number of β-amino-alcohol motifs (C(OH)–C–C–N with tert-alkyl or cyclic N) is 1. The summed E-state index contributed by atoms with van der Waals surface area (Å²) in [5.41, 5.74) is 0.865. The zero-order valence-corrected chi connectivity index (χ0v) is 13.1. The largest absolute Gasteiger partial charge is 0.466 e. The van der Waals surface area contributed by atoms with Crippen molar-refractivity contribution in [1.29, 1.82) is 0 Å². The smallest absolute Gasteiger partial charge is 0.251 e. The average molecular weight is 306 g/mol. The highest BCUT2D eigenvalue weighted by Gasteiger charge is 2.20. The predicted octanol–water partition coefficient (Wildman–Crippen LogP) is 1.06. The van der Waals surface area contributed by atoms with E-state index < -0.39 is 0 Å². The van der Waals surface area contributed by atoms with E-state index in [1.807, 2.05) is 19.9 Å². The molecule has 0 saturated carbocycles. The lowest BCUT2D eigenvalue weighted by Crippen LogP contribution is -2.46. The molecule has 2 aromatic rings. The lowest BCUT2D eigenvalue weighted by molar-refractivity contribution is 0.103. The molecule has 0 bridgehead atoms.